The van der Waals surface area contributed by atoms with E-state index in [-0.39, 0.29) is 5.91 Å². The minimum atomic E-state index is -0.0191. The average Bonchev–Trinajstić information content (AvgIpc) is 3.19. The lowest BCUT2D eigenvalue weighted by Crippen LogP contribution is -2.30. The van der Waals surface area contributed by atoms with Gasteiger partial charge in [-0.2, -0.15) is 0 Å². The second-order valence-corrected chi connectivity index (χ2v) is 9.38. The van der Waals surface area contributed by atoms with Gasteiger partial charge in [-0.15, -0.1) is 22.7 Å². The molecule has 27 heavy (non-hydrogen) atoms. The molecular weight excluding hydrogens is 398 g/mol. The van der Waals surface area contributed by atoms with Crippen molar-refractivity contribution in [1.29, 1.82) is 0 Å². The van der Waals surface area contributed by atoms with Crippen LogP contribution in [0.15, 0.2) is 29.6 Å². The first-order valence-corrected chi connectivity index (χ1v) is 10.7. The molecule has 3 rings (SSSR count). The van der Waals surface area contributed by atoms with Gasteiger partial charge in [0.05, 0.1) is 28.0 Å². The SMILES string of the molecule is Cc1cc(C)c(NC(=O)CN(C)Cc2nc(-c3ccc(Cl)s3)cs2)c(C)c1. The van der Waals surface area contributed by atoms with Crippen molar-refractivity contribution in [1.82, 2.24) is 9.88 Å². The fraction of sp³-hybridized carbons (Fsp3) is 0.300. The third-order valence-corrected chi connectivity index (χ3v) is 6.22. The first-order valence-electron chi connectivity index (χ1n) is 8.58. The monoisotopic (exact) mass is 419 g/mol. The van der Waals surface area contributed by atoms with Crippen molar-refractivity contribution in [3.8, 4) is 10.6 Å². The molecule has 0 aliphatic carbocycles. The van der Waals surface area contributed by atoms with Crippen molar-refractivity contribution in [2.24, 2.45) is 0 Å². The van der Waals surface area contributed by atoms with E-state index in [1.807, 2.05) is 43.3 Å². The van der Waals surface area contributed by atoms with Crippen molar-refractivity contribution < 1.29 is 4.79 Å². The Kier molecular flexibility index (Phi) is 6.32. The van der Waals surface area contributed by atoms with Gasteiger partial charge < -0.3 is 5.32 Å². The number of thiophene rings is 1. The Morgan fingerprint density at radius 3 is 2.56 bits per heavy atom. The molecule has 1 N–H and O–H groups in total. The summed E-state index contributed by atoms with van der Waals surface area (Å²) in [4.78, 5) is 20.1. The summed E-state index contributed by atoms with van der Waals surface area (Å²) in [5.41, 5.74) is 5.22. The van der Waals surface area contributed by atoms with Crippen LogP contribution in [0, 0.1) is 20.8 Å². The summed E-state index contributed by atoms with van der Waals surface area (Å²) in [5.74, 6) is -0.0191. The summed E-state index contributed by atoms with van der Waals surface area (Å²) >= 11 is 9.12. The average molecular weight is 420 g/mol. The number of carbonyl (C=O) groups is 1. The lowest BCUT2D eigenvalue weighted by molar-refractivity contribution is -0.117. The lowest BCUT2D eigenvalue weighted by atomic mass is 10.1. The normalized spacial score (nSPS) is 11.2. The van der Waals surface area contributed by atoms with E-state index in [2.05, 4.69) is 29.4 Å². The number of hydrogen-bond donors (Lipinski definition) is 1. The van der Waals surface area contributed by atoms with Crippen molar-refractivity contribution in [2.45, 2.75) is 27.3 Å². The highest BCUT2D eigenvalue weighted by molar-refractivity contribution is 7.19. The molecule has 2 aromatic heterocycles. The van der Waals surface area contributed by atoms with Crippen LogP contribution in [0.4, 0.5) is 5.69 Å². The number of thiazole rings is 1. The second kappa shape index (κ2) is 8.52. The zero-order valence-corrected chi connectivity index (χ0v) is 18.2. The van der Waals surface area contributed by atoms with Gasteiger partial charge in [0.2, 0.25) is 5.91 Å². The fourth-order valence-electron chi connectivity index (χ4n) is 3.04. The molecule has 0 bridgehead atoms. The fourth-order valence-corrected chi connectivity index (χ4v) is 4.99. The maximum absolute atomic E-state index is 12.4. The molecule has 0 aliphatic rings. The molecule has 0 saturated heterocycles. The third kappa shape index (κ3) is 5.17. The molecule has 2 heterocycles. The Labute approximate surface area is 172 Å². The molecule has 4 nitrogen and oxygen atoms in total. The molecule has 0 saturated carbocycles. The summed E-state index contributed by atoms with van der Waals surface area (Å²) in [6.07, 6.45) is 0. The molecule has 142 valence electrons. The van der Waals surface area contributed by atoms with Gasteiger partial charge in [0.25, 0.3) is 0 Å². The van der Waals surface area contributed by atoms with Gasteiger partial charge in [-0.1, -0.05) is 29.3 Å². The Hall–Kier alpha value is -1.73. The first-order chi connectivity index (χ1) is 12.8. The minimum absolute atomic E-state index is 0.0191. The number of nitrogens with one attached hydrogen (secondary N) is 1. The molecule has 0 radical (unpaired) electrons. The van der Waals surface area contributed by atoms with Crippen molar-refractivity contribution in [2.75, 3.05) is 18.9 Å². The topological polar surface area (TPSA) is 45.2 Å². The van der Waals surface area contributed by atoms with Crippen LogP contribution in [-0.2, 0) is 11.3 Å². The standard InChI is InChI=1S/C20H22ClN3OS2/c1-12-7-13(2)20(14(3)8-12)23-18(25)9-24(4)10-19-22-15(11-26-19)16-5-6-17(21)27-16/h5-8,11H,9-10H2,1-4H3,(H,23,25). The molecule has 0 fully saturated rings. The predicted molar refractivity (Wildman–Crippen MR) is 116 cm³/mol. The lowest BCUT2D eigenvalue weighted by Gasteiger charge is -2.17. The number of aryl methyl sites for hydroxylation is 3. The number of hydrogen-bond acceptors (Lipinski definition) is 5. The summed E-state index contributed by atoms with van der Waals surface area (Å²) in [7, 11) is 1.93. The minimum Gasteiger partial charge on any atom is -0.324 e. The number of amides is 1. The molecule has 1 aromatic carbocycles. The first kappa shape index (κ1) is 20.0. The van der Waals surface area contributed by atoms with Gasteiger partial charge in [-0.25, -0.2) is 4.98 Å². The molecule has 1 amide bonds. The Morgan fingerprint density at radius 1 is 1.22 bits per heavy atom. The zero-order valence-electron chi connectivity index (χ0n) is 15.8. The summed E-state index contributed by atoms with van der Waals surface area (Å²) in [6.45, 7) is 7.04. The zero-order chi connectivity index (χ0) is 19.6. The maximum atomic E-state index is 12.4. The van der Waals surface area contributed by atoms with E-state index in [4.69, 9.17) is 11.6 Å². The van der Waals surface area contributed by atoms with Crippen molar-refractivity contribution in [3.05, 3.63) is 55.7 Å². The second-order valence-electron chi connectivity index (χ2n) is 6.72. The van der Waals surface area contributed by atoms with Crippen LogP contribution in [0.25, 0.3) is 10.6 Å². The van der Waals surface area contributed by atoms with Crippen LogP contribution in [0.2, 0.25) is 4.34 Å². The number of nitrogens with zero attached hydrogens (tertiary/aromatic N) is 2. The molecule has 0 unspecified atom stereocenters. The van der Waals surface area contributed by atoms with Gasteiger partial charge in [0.15, 0.2) is 0 Å². The largest absolute Gasteiger partial charge is 0.324 e. The predicted octanol–water partition coefficient (Wildman–Crippen LogP) is 5.52. The summed E-state index contributed by atoms with van der Waals surface area (Å²) in [6, 6.07) is 8.03. The van der Waals surface area contributed by atoms with E-state index < -0.39 is 0 Å². The highest BCUT2D eigenvalue weighted by atomic mass is 35.5. The van der Waals surface area contributed by atoms with E-state index >= 15 is 0 Å². The van der Waals surface area contributed by atoms with Crippen LogP contribution in [0.3, 0.4) is 0 Å². The van der Waals surface area contributed by atoms with Gasteiger partial charge in [0, 0.05) is 11.1 Å². The van der Waals surface area contributed by atoms with Gasteiger partial charge in [-0.05, 0) is 51.1 Å². The Balaban J connectivity index is 1.59. The smallest absolute Gasteiger partial charge is 0.238 e. The van der Waals surface area contributed by atoms with Crippen molar-refractivity contribution in [3.63, 3.8) is 0 Å². The van der Waals surface area contributed by atoms with Crippen LogP contribution >= 0.6 is 34.3 Å². The van der Waals surface area contributed by atoms with E-state index in [0.717, 1.165) is 36.7 Å². The van der Waals surface area contributed by atoms with E-state index in [1.165, 1.54) is 16.9 Å². The van der Waals surface area contributed by atoms with Crippen LogP contribution in [-0.4, -0.2) is 29.4 Å². The number of benzene rings is 1. The maximum Gasteiger partial charge on any atom is 0.238 e. The number of halogens is 1. The van der Waals surface area contributed by atoms with Crippen LogP contribution in [0.1, 0.15) is 21.7 Å². The van der Waals surface area contributed by atoms with Crippen LogP contribution < -0.4 is 5.32 Å². The van der Waals surface area contributed by atoms with Crippen LogP contribution in [0.5, 0.6) is 0 Å². The quantitative estimate of drug-likeness (QED) is 0.572. The summed E-state index contributed by atoms with van der Waals surface area (Å²) < 4.78 is 0.759. The molecule has 0 atom stereocenters. The molecule has 3 aromatic rings. The van der Waals surface area contributed by atoms with Gasteiger partial charge in [-0.3, -0.25) is 9.69 Å². The Bertz CT molecular complexity index is 941. The van der Waals surface area contributed by atoms with Crippen molar-refractivity contribution >= 4 is 45.9 Å². The van der Waals surface area contributed by atoms with E-state index in [1.54, 1.807) is 11.3 Å². The number of aromatic nitrogens is 1. The Morgan fingerprint density at radius 2 is 1.93 bits per heavy atom. The highest BCUT2D eigenvalue weighted by Crippen LogP contribution is 2.31. The molecular formula is C20H22ClN3OS2. The van der Waals surface area contributed by atoms with E-state index in [9.17, 15) is 4.79 Å². The highest BCUT2D eigenvalue weighted by Gasteiger charge is 2.13. The molecule has 7 heteroatoms. The van der Waals surface area contributed by atoms with E-state index in [0.29, 0.717) is 13.1 Å². The third-order valence-electron chi connectivity index (χ3n) is 4.14. The number of carbonyl (C=O) groups excluding carboxylic acids is 1. The number of rotatable bonds is 6. The van der Waals surface area contributed by atoms with Gasteiger partial charge >= 0.3 is 0 Å². The number of likely N-dealkylation sites (N-methyl/N-ethyl adjacent to an activating group) is 1. The molecule has 0 aliphatic heterocycles. The molecule has 0 spiro atoms. The summed E-state index contributed by atoms with van der Waals surface area (Å²) in [5, 5.41) is 6.06. The number of anilines is 1. The van der Waals surface area contributed by atoms with Gasteiger partial charge in [0.1, 0.15) is 5.01 Å².